The minimum Gasteiger partial charge on any atom is -0.357 e. The van der Waals surface area contributed by atoms with E-state index in [0.29, 0.717) is 18.0 Å². The van der Waals surface area contributed by atoms with Gasteiger partial charge in [0.25, 0.3) is 5.91 Å². The molecule has 0 aliphatic rings. The molecule has 0 aliphatic carbocycles. The molecule has 0 atom stereocenters. The fraction of sp³-hybridized carbons (Fsp3) is 0.542. The summed E-state index contributed by atoms with van der Waals surface area (Å²) >= 11 is 1.61. The molecular formula is C24H36N4OS. The van der Waals surface area contributed by atoms with Gasteiger partial charge in [0, 0.05) is 42.4 Å². The van der Waals surface area contributed by atoms with Crippen LogP contribution in [0.15, 0.2) is 35.5 Å². The first-order valence-electron chi connectivity index (χ1n) is 10.8. The zero-order chi connectivity index (χ0) is 22.3. The number of aromatic nitrogens is 2. The molecule has 0 bridgehead atoms. The fourth-order valence-corrected chi connectivity index (χ4v) is 3.72. The van der Waals surface area contributed by atoms with E-state index in [1.807, 2.05) is 24.3 Å². The van der Waals surface area contributed by atoms with Crippen LogP contribution in [0.2, 0.25) is 0 Å². The summed E-state index contributed by atoms with van der Waals surface area (Å²) in [6, 6.07) is 9.91. The van der Waals surface area contributed by atoms with Crippen LogP contribution in [0.1, 0.15) is 70.1 Å². The number of rotatable bonds is 9. The number of nitrogens with zero attached hydrogens (tertiary/aromatic N) is 3. The molecular weight excluding hydrogens is 392 g/mol. The van der Waals surface area contributed by atoms with Crippen LogP contribution in [-0.2, 0) is 11.2 Å². The smallest absolute Gasteiger partial charge is 0.251 e. The van der Waals surface area contributed by atoms with E-state index in [2.05, 4.69) is 64.7 Å². The van der Waals surface area contributed by atoms with Crippen molar-refractivity contribution in [2.45, 2.75) is 64.8 Å². The summed E-state index contributed by atoms with van der Waals surface area (Å²) in [5, 5.41) is 3.76. The zero-order valence-corrected chi connectivity index (χ0v) is 20.3. The summed E-state index contributed by atoms with van der Waals surface area (Å²) in [6.07, 6.45) is 0. The maximum Gasteiger partial charge on any atom is 0.251 e. The first-order chi connectivity index (χ1) is 14.1. The second-order valence-electron chi connectivity index (χ2n) is 8.91. The largest absolute Gasteiger partial charge is 0.357 e. The molecule has 2 aromatic rings. The van der Waals surface area contributed by atoms with E-state index >= 15 is 0 Å². The molecule has 0 fully saturated rings. The third-order valence-electron chi connectivity index (χ3n) is 4.78. The van der Waals surface area contributed by atoms with E-state index in [1.54, 1.807) is 11.8 Å². The van der Waals surface area contributed by atoms with Crippen molar-refractivity contribution in [2.75, 3.05) is 24.5 Å². The molecule has 1 amide bonds. The van der Waals surface area contributed by atoms with Crippen LogP contribution >= 0.6 is 11.8 Å². The molecule has 0 radical (unpaired) electrons. The number of thioether (sulfide) groups is 1. The normalized spacial score (nSPS) is 11.6. The van der Waals surface area contributed by atoms with Crippen molar-refractivity contribution in [2.24, 2.45) is 5.92 Å². The predicted octanol–water partition coefficient (Wildman–Crippen LogP) is 5.30. The molecule has 1 N–H and O–H groups in total. The fourth-order valence-electron chi connectivity index (χ4n) is 2.92. The van der Waals surface area contributed by atoms with Gasteiger partial charge in [-0.2, -0.15) is 0 Å². The molecule has 0 unspecified atom stereocenters. The van der Waals surface area contributed by atoms with Crippen molar-refractivity contribution in [3.8, 4) is 0 Å². The average Bonchev–Trinajstić information content (AvgIpc) is 2.71. The van der Waals surface area contributed by atoms with Crippen molar-refractivity contribution in [3.63, 3.8) is 0 Å². The first kappa shape index (κ1) is 24.2. The number of hydrogen-bond donors (Lipinski definition) is 1. The van der Waals surface area contributed by atoms with Crippen molar-refractivity contribution >= 4 is 23.5 Å². The van der Waals surface area contributed by atoms with Crippen LogP contribution in [0, 0.1) is 5.92 Å². The van der Waals surface area contributed by atoms with Gasteiger partial charge >= 0.3 is 0 Å². The second-order valence-corrected chi connectivity index (χ2v) is 9.85. The van der Waals surface area contributed by atoms with E-state index in [0.717, 1.165) is 41.1 Å². The molecule has 1 aromatic heterocycles. The van der Waals surface area contributed by atoms with Gasteiger partial charge in [-0.1, -0.05) is 58.5 Å². The third kappa shape index (κ3) is 7.01. The first-order valence-corrected chi connectivity index (χ1v) is 11.8. The van der Waals surface area contributed by atoms with Gasteiger partial charge in [-0.05, 0) is 37.5 Å². The molecule has 0 saturated carbocycles. The number of hydrogen-bond acceptors (Lipinski definition) is 5. The Morgan fingerprint density at radius 3 is 2.43 bits per heavy atom. The highest BCUT2D eigenvalue weighted by Crippen LogP contribution is 2.28. The highest BCUT2D eigenvalue weighted by Gasteiger charge is 2.20. The van der Waals surface area contributed by atoms with Crippen molar-refractivity contribution < 1.29 is 4.79 Å². The molecule has 1 aromatic carbocycles. The topological polar surface area (TPSA) is 58.1 Å². The summed E-state index contributed by atoms with van der Waals surface area (Å²) < 4.78 is 0. The van der Waals surface area contributed by atoms with Gasteiger partial charge in [-0.3, -0.25) is 4.79 Å². The Balaban J connectivity index is 2.19. The van der Waals surface area contributed by atoms with Crippen LogP contribution in [-0.4, -0.2) is 35.5 Å². The number of nitrogens with one attached hydrogen (secondary N) is 1. The number of amides is 1. The maximum atomic E-state index is 12.4. The molecule has 0 saturated heterocycles. The maximum absolute atomic E-state index is 12.4. The van der Waals surface area contributed by atoms with Crippen molar-refractivity contribution in [1.29, 1.82) is 0 Å². The van der Waals surface area contributed by atoms with Gasteiger partial charge in [0.1, 0.15) is 5.82 Å². The highest BCUT2D eigenvalue weighted by atomic mass is 32.2. The van der Waals surface area contributed by atoms with Crippen molar-refractivity contribution in [3.05, 3.63) is 47.2 Å². The van der Waals surface area contributed by atoms with Gasteiger partial charge < -0.3 is 10.2 Å². The Hall–Kier alpha value is -2.08. The Labute approximate surface area is 186 Å². The van der Waals surface area contributed by atoms with E-state index in [-0.39, 0.29) is 11.3 Å². The van der Waals surface area contributed by atoms with Gasteiger partial charge in [0.2, 0.25) is 0 Å². The summed E-state index contributed by atoms with van der Waals surface area (Å²) in [7, 11) is 0. The van der Waals surface area contributed by atoms with E-state index in [4.69, 9.17) is 9.97 Å². The molecule has 1 heterocycles. The van der Waals surface area contributed by atoms with Crippen LogP contribution in [0.4, 0.5) is 5.82 Å². The number of anilines is 1. The molecule has 164 valence electrons. The summed E-state index contributed by atoms with van der Waals surface area (Å²) in [5.74, 6) is 2.10. The summed E-state index contributed by atoms with van der Waals surface area (Å²) in [6.45, 7) is 17.5. The number of carbonyl (C=O) groups excluding carboxylic acids is 1. The van der Waals surface area contributed by atoms with Crippen LogP contribution in [0.3, 0.4) is 0 Å². The average molecular weight is 429 g/mol. The number of benzene rings is 1. The summed E-state index contributed by atoms with van der Waals surface area (Å²) in [4.78, 5) is 24.3. The predicted molar refractivity (Wildman–Crippen MR) is 127 cm³/mol. The Kier molecular flexibility index (Phi) is 8.71. The minimum atomic E-state index is -0.0471. The Morgan fingerprint density at radius 1 is 1.13 bits per heavy atom. The van der Waals surface area contributed by atoms with E-state index in [9.17, 15) is 4.79 Å². The standard InChI is InChI=1S/C24H36N4OS/c1-8-28(9-2)21-14-20(24(5,6)7)26-23(27-21)30-16-18-11-10-12-19(13-18)22(29)25-15-17(3)4/h10-14,17H,8-9,15-16H2,1-7H3,(H,25,29). The van der Waals surface area contributed by atoms with Gasteiger partial charge in [-0.25, -0.2) is 9.97 Å². The van der Waals surface area contributed by atoms with Crippen LogP contribution in [0.5, 0.6) is 0 Å². The molecule has 30 heavy (non-hydrogen) atoms. The van der Waals surface area contributed by atoms with Crippen LogP contribution in [0.25, 0.3) is 0 Å². The molecule has 5 nitrogen and oxygen atoms in total. The molecule has 0 spiro atoms. The lowest BCUT2D eigenvalue weighted by Gasteiger charge is -2.24. The second kappa shape index (κ2) is 10.8. The van der Waals surface area contributed by atoms with Crippen LogP contribution < -0.4 is 10.2 Å². The molecule has 0 aliphatic heterocycles. The lowest BCUT2D eigenvalue weighted by molar-refractivity contribution is 0.0949. The quantitative estimate of drug-likeness (QED) is 0.434. The Bertz CT molecular complexity index is 841. The van der Waals surface area contributed by atoms with Crippen molar-refractivity contribution in [1.82, 2.24) is 15.3 Å². The zero-order valence-electron chi connectivity index (χ0n) is 19.5. The molecule has 6 heteroatoms. The van der Waals surface area contributed by atoms with Gasteiger partial charge in [-0.15, -0.1) is 0 Å². The van der Waals surface area contributed by atoms with Gasteiger partial charge in [0.15, 0.2) is 5.16 Å². The lowest BCUT2D eigenvalue weighted by Crippen LogP contribution is -2.27. The Morgan fingerprint density at radius 2 is 1.83 bits per heavy atom. The number of carbonyl (C=O) groups is 1. The highest BCUT2D eigenvalue weighted by molar-refractivity contribution is 7.98. The monoisotopic (exact) mass is 428 g/mol. The lowest BCUT2D eigenvalue weighted by atomic mass is 9.92. The van der Waals surface area contributed by atoms with Gasteiger partial charge in [0.05, 0.1) is 5.69 Å². The van der Waals surface area contributed by atoms with E-state index < -0.39 is 0 Å². The summed E-state index contributed by atoms with van der Waals surface area (Å²) in [5.41, 5.74) is 2.78. The minimum absolute atomic E-state index is 0.0228. The van der Waals surface area contributed by atoms with E-state index in [1.165, 1.54) is 0 Å². The molecule has 2 rings (SSSR count). The SMILES string of the molecule is CCN(CC)c1cc(C(C)(C)C)nc(SCc2cccc(C(=O)NCC(C)C)c2)n1. The third-order valence-corrected chi connectivity index (χ3v) is 5.69.